The Morgan fingerprint density at radius 3 is 2.42 bits per heavy atom. The van der Waals surface area contributed by atoms with Gasteiger partial charge in [0.2, 0.25) is 0 Å². The summed E-state index contributed by atoms with van der Waals surface area (Å²) in [5, 5.41) is 4.16. The molecule has 0 unspecified atom stereocenters. The lowest BCUT2D eigenvalue weighted by atomic mass is 10.2. The van der Waals surface area contributed by atoms with Gasteiger partial charge in [-0.1, -0.05) is 6.07 Å². The fraction of sp³-hybridized carbons (Fsp3) is 0.471. The molecule has 0 saturated carbocycles. The molecular formula is C17H21F3N4O2. The van der Waals surface area contributed by atoms with Crippen LogP contribution >= 0.6 is 0 Å². The largest absolute Gasteiger partial charge is 0.444 e. The van der Waals surface area contributed by atoms with Crippen LogP contribution in [0.4, 0.5) is 18.0 Å². The molecule has 142 valence electrons. The molecule has 1 amide bonds. The summed E-state index contributed by atoms with van der Waals surface area (Å²) in [6.07, 6.45) is -0.408. The summed E-state index contributed by atoms with van der Waals surface area (Å²) in [5.74, 6) is 0. The molecule has 0 aromatic carbocycles. The maximum atomic E-state index is 12.5. The lowest BCUT2D eigenvalue weighted by Gasteiger charge is -2.24. The lowest BCUT2D eigenvalue weighted by molar-refractivity contribution is -0.141. The number of carbonyl (C=O) groups is 1. The van der Waals surface area contributed by atoms with Crippen LogP contribution in [0.1, 0.15) is 37.6 Å². The van der Waals surface area contributed by atoms with E-state index < -0.39 is 23.6 Å². The Hall–Kier alpha value is -2.58. The van der Waals surface area contributed by atoms with Gasteiger partial charge in [0.05, 0.1) is 19.3 Å². The first-order valence-corrected chi connectivity index (χ1v) is 7.91. The van der Waals surface area contributed by atoms with Crippen LogP contribution in [0, 0.1) is 0 Å². The molecular weight excluding hydrogens is 349 g/mol. The molecule has 2 aromatic heterocycles. The van der Waals surface area contributed by atoms with Crippen molar-refractivity contribution in [1.82, 2.24) is 19.7 Å². The topological polar surface area (TPSA) is 60.2 Å². The number of halogens is 3. The Morgan fingerprint density at radius 2 is 1.88 bits per heavy atom. The molecule has 26 heavy (non-hydrogen) atoms. The van der Waals surface area contributed by atoms with Gasteiger partial charge in [0.25, 0.3) is 0 Å². The fourth-order valence-corrected chi connectivity index (χ4v) is 2.13. The van der Waals surface area contributed by atoms with Crippen molar-refractivity contribution >= 4 is 6.09 Å². The predicted octanol–water partition coefficient (Wildman–Crippen LogP) is 3.71. The smallest absolute Gasteiger partial charge is 0.433 e. The van der Waals surface area contributed by atoms with Gasteiger partial charge >= 0.3 is 12.3 Å². The molecule has 0 N–H and O–H groups in total. The Kier molecular flexibility index (Phi) is 5.58. The van der Waals surface area contributed by atoms with Crippen molar-refractivity contribution in [1.29, 1.82) is 0 Å². The molecule has 2 rings (SSSR count). The number of hydrogen-bond acceptors (Lipinski definition) is 4. The minimum absolute atomic E-state index is 0.279. The third-order valence-electron chi connectivity index (χ3n) is 3.27. The molecule has 2 heterocycles. The second-order valence-electron chi connectivity index (χ2n) is 6.93. The third-order valence-corrected chi connectivity index (χ3v) is 3.27. The normalized spacial score (nSPS) is 12.1. The first-order chi connectivity index (χ1) is 11.9. The highest BCUT2D eigenvalue weighted by molar-refractivity contribution is 5.67. The molecule has 0 fully saturated rings. The van der Waals surface area contributed by atoms with E-state index in [9.17, 15) is 18.0 Å². The average molecular weight is 370 g/mol. The number of hydrogen-bond donors (Lipinski definition) is 0. The quantitative estimate of drug-likeness (QED) is 0.823. The molecule has 0 bridgehead atoms. The summed E-state index contributed by atoms with van der Waals surface area (Å²) in [7, 11) is 1.62. The van der Waals surface area contributed by atoms with Crippen LogP contribution in [0.5, 0.6) is 0 Å². The Labute approximate surface area is 149 Å². The summed E-state index contributed by atoms with van der Waals surface area (Å²) >= 11 is 0. The van der Waals surface area contributed by atoms with E-state index in [1.54, 1.807) is 44.9 Å². The zero-order valence-electron chi connectivity index (χ0n) is 15.0. The second-order valence-corrected chi connectivity index (χ2v) is 6.93. The Morgan fingerprint density at radius 1 is 1.19 bits per heavy atom. The zero-order valence-corrected chi connectivity index (χ0v) is 15.0. The zero-order chi connectivity index (χ0) is 19.5. The molecule has 0 atom stereocenters. The van der Waals surface area contributed by atoms with E-state index in [2.05, 4.69) is 10.1 Å². The van der Waals surface area contributed by atoms with Gasteiger partial charge in [0, 0.05) is 25.0 Å². The van der Waals surface area contributed by atoms with Gasteiger partial charge in [-0.2, -0.15) is 18.3 Å². The van der Waals surface area contributed by atoms with E-state index >= 15 is 0 Å². The summed E-state index contributed by atoms with van der Waals surface area (Å²) in [4.78, 5) is 16.8. The van der Waals surface area contributed by atoms with E-state index in [1.807, 2.05) is 0 Å². The first-order valence-electron chi connectivity index (χ1n) is 7.91. The highest BCUT2D eigenvalue weighted by Gasteiger charge is 2.32. The molecule has 0 radical (unpaired) electrons. The molecule has 0 aliphatic heterocycles. The van der Waals surface area contributed by atoms with Crippen LogP contribution < -0.4 is 0 Å². The van der Waals surface area contributed by atoms with Crippen LogP contribution in [0.25, 0.3) is 0 Å². The van der Waals surface area contributed by atoms with E-state index in [1.165, 1.54) is 17.2 Å². The third kappa shape index (κ3) is 5.75. The van der Waals surface area contributed by atoms with Gasteiger partial charge in [0.1, 0.15) is 11.3 Å². The number of alkyl halides is 3. The summed E-state index contributed by atoms with van der Waals surface area (Å²) in [6.45, 7) is 5.94. The summed E-state index contributed by atoms with van der Waals surface area (Å²) < 4.78 is 44.4. The number of pyridine rings is 1. The molecule has 0 spiro atoms. The number of ether oxygens (including phenoxy) is 1. The minimum Gasteiger partial charge on any atom is -0.444 e. The fourth-order valence-electron chi connectivity index (χ4n) is 2.13. The van der Waals surface area contributed by atoms with E-state index in [0.29, 0.717) is 12.1 Å². The Balaban J connectivity index is 1.96. The molecule has 9 heteroatoms. The van der Waals surface area contributed by atoms with Crippen molar-refractivity contribution < 1.29 is 22.7 Å². The molecule has 0 aliphatic rings. The number of carbonyl (C=O) groups excluding carboxylic acids is 1. The van der Waals surface area contributed by atoms with Gasteiger partial charge < -0.3 is 9.64 Å². The number of rotatable bonds is 4. The van der Waals surface area contributed by atoms with Crippen molar-refractivity contribution in [2.24, 2.45) is 0 Å². The van der Waals surface area contributed by atoms with Crippen LogP contribution in [0.2, 0.25) is 0 Å². The summed E-state index contributed by atoms with van der Waals surface area (Å²) in [5.41, 5.74) is -0.141. The molecule has 2 aromatic rings. The Bertz CT molecular complexity index is 749. The van der Waals surface area contributed by atoms with Crippen LogP contribution in [0.3, 0.4) is 0 Å². The van der Waals surface area contributed by atoms with Gasteiger partial charge in [-0.3, -0.25) is 9.67 Å². The first kappa shape index (κ1) is 19.7. The van der Waals surface area contributed by atoms with E-state index in [-0.39, 0.29) is 6.54 Å². The van der Waals surface area contributed by atoms with Crippen molar-refractivity contribution in [3.05, 3.63) is 47.5 Å². The van der Waals surface area contributed by atoms with Crippen molar-refractivity contribution in [2.75, 3.05) is 7.05 Å². The number of aromatic nitrogens is 3. The van der Waals surface area contributed by atoms with E-state index in [0.717, 1.165) is 11.6 Å². The summed E-state index contributed by atoms with van der Waals surface area (Å²) in [6, 6.07) is 2.31. The van der Waals surface area contributed by atoms with Gasteiger partial charge in [-0.05, 0) is 32.4 Å². The standard InChI is InChI=1S/C17H21F3N4O2/c1-16(2,3)26-15(25)23(4)9-13-8-22-24(11-13)10-12-5-6-14(21-7-12)17(18,19)20/h5-8,11H,9-10H2,1-4H3. The van der Waals surface area contributed by atoms with Crippen LogP contribution in [0.15, 0.2) is 30.7 Å². The maximum Gasteiger partial charge on any atom is 0.433 e. The number of amides is 1. The lowest BCUT2D eigenvalue weighted by Crippen LogP contribution is -2.33. The molecule has 0 aliphatic carbocycles. The predicted molar refractivity (Wildman–Crippen MR) is 88.3 cm³/mol. The van der Waals surface area contributed by atoms with E-state index in [4.69, 9.17) is 4.74 Å². The van der Waals surface area contributed by atoms with Gasteiger partial charge in [0.15, 0.2) is 0 Å². The highest BCUT2D eigenvalue weighted by Crippen LogP contribution is 2.27. The average Bonchev–Trinajstić information content (AvgIpc) is 2.92. The maximum absolute atomic E-state index is 12.5. The SMILES string of the molecule is CN(Cc1cnn(Cc2ccc(C(F)(F)F)nc2)c1)C(=O)OC(C)(C)C. The van der Waals surface area contributed by atoms with Crippen LogP contribution in [-0.2, 0) is 24.0 Å². The van der Waals surface area contributed by atoms with Crippen molar-refractivity contribution in [3.63, 3.8) is 0 Å². The van der Waals surface area contributed by atoms with Crippen LogP contribution in [-0.4, -0.2) is 38.4 Å². The van der Waals surface area contributed by atoms with Crippen molar-refractivity contribution in [2.45, 2.75) is 45.6 Å². The molecule has 0 saturated heterocycles. The van der Waals surface area contributed by atoms with Crippen molar-refractivity contribution in [3.8, 4) is 0 Å². The second kappa shape index (κ2) is 7.35. The minimum atomic E-state index is -4.45. The van der Waals surface area contributed by atoms with Gasteiger partial charge in [-0.15, -0.1) is 0 Å². The molecule has 6 nitrogen and oxygen atoms in total. The monoisotopic (exact) mass is 370 g/mol. The highest BCUT2D eigenvalue weighted by atomic mass is 19.4. The number of nitrogens with zero attached hydrogens (tertiary/aromatic N) is 4. The van der Waals surface area contributed by atoms with Gasteiger partial charge in [-0.25, -0.2) is 4.79 Å².